The molecule has 19 heavy (non-hydrogen) atoms. The van der Waals surface area contributed by atoms with E-state index in [0.717, 1.165) is 23.9 Å². The van der Waals surface area contributed by atoms with E-state index in [9.17, 15) is 0 Å². The highest BCUT2D eigenvalue weighted by atomic mass is 16.5. The first-order chi connectivity index (χ1) is 9.28. The van der Waals surface area contributed by atoms with Crippen molar-refractivity contribution in [2.45, 2.75) is 26.2 Å². The van der Waals surface area contributed by atoms with Gasteiger partial charge in [-0.15, -0.1) is 0 Å². The molecule has 1 saturated heterocycles. The third kappa shape index (κ3) is 2.52. The number of allylic oxidation sites excluding steroid dienone is 1. The molecule has 1 aromatic rings. The Kier molecular flexibility index (Phi) is 3.56. The monoisotopic (exact) mass is 258 g/mol. The van der Waals surface area contributed by atoms with Crippen LogP contribution >= 0.6 is 0 Å². The largest absolute Gasteiger partial charge is 0.495 e. The zero-order chi connectivity index (χ0) is 13.2. The molecule has 2 unspecified atom stereocenters. The van der Waals surface area contributed by atoms with Gasteiger partial charge in [-0.2, -0.15) is 0 Å². The van der Waals surface area contributed by atoms with Crippen molar-refractivity contribution in [2.24, 2.45) is 11.8 Å². The van der Waals surface area contributed by atoms with E-state index in [-0.39, 0.29) is 0 Å². The lowest BCUT2D eigenvalue weighted by molar-refractivity contribution is 0.279. The zero-order valence-electron chi connectivity index (χ0n) is 11.8. The van der Waals surface area contributed by atoms with Crippen LogP contribution in [0.15, 0.2) is 18.3 Å². The van der Waals surface area contributed by atoms with Crippen molar-refractivity contribution in [3.8, 4) is 5.75 Å². The third-order valence-electron chi connectivity index (χ3n) is 4.51. The number of nitrogens with one attached hydrogen (secondary N) is 1. The van der Waals surface area contributed by atoms with Crippen LogP contribution in [-0.4, -0.2) is 25.2 Å². The molecule has 1 aliphatic heterocycles. The Morgan fingerprint density at radius 2 is 2.26 bits per heavy atom. The highest BCUT2D eigenvalue weighted by Crippen LogP contribution is 2.37. The molecule has 3 rings (SSSR count). The van der Waals surface area contributed by atoms with Crippen LogP contribution in [0.3, 0.4) is 0 Å². The molecule has 3 nitrogen and oxygen atoms in total. The van der Waals surface area contributed by atoms with Crippen molar-refractivity contribution < 1.29 is 4.74 Å². The molecule has 0 aromatic carbocycles. The van der Waals surface area contributed by atoms with Gasteiger partial charge in [0.15, 0.2) is 0 Å². The number of fused-ring (bicyclic) bond motifs is 1. The molecule has 0 radical (unpaired) electrons. The van der Waals surface area contributed by atoms with Gasteiger partial charge in [-0.05, 0) is 61.8 Å². The fourth-order valence-corrected chi connectivity index (χ4v) is 3.31. The Bertz CT molecular complexity index is 496. The molecule has 2 aliphatic rings. The van der Waals surface area contributed by atoms with Crippen LogP contribution in [0.5, 0.6) is 5.75 Å². The molecule has 1 aliphatic carbocycles. The summed E-state index contributed by atoms with van der Waals surface area (Å²) in [6.45, 7) is 4.30. The number of piperidine rings is 1. The van der Waals surface area contributed by atoms with Crippen LogP contribution in [-0.2, 0) is 0 Å². The molecule has 0 spiro atoms. The lowest BCUT2D eigenvalue weighted by Gasteiger charge is -2.34. The molecule has 2 heterocycles. The predicted molar refractivity (Wildman–Crippen MR) is 77.2 cm³/mol. The molecule has 0 amide bonds. The summed E-state index contributed by atoms with van der Waals surface area (Å²) in [5, 5.41) is 3.50. The summed E-state index contributed by atoms with van der Waals surface area (Å²) in [7, 11) is 1.71. The van der Waals surface area contributed by atoms with Crippen LogP contribution in [0.2, 0.25) is 0 Å². The maximum Gasteiger partial charge on any atom is 0.140 e. The highest BCUT2D eigenvalue weighted by Gasteiger charge is 2.27. The molecule has 2 atom stereocenters. The van der Waals surface area contributed by atoms with Crippen molar-refractivity contribution in [3.05, 3.63) is 29.6 Å². The van der Waals surface area contributed by atoms with Crippen LogP contribution in [0.1, 0.15) is 30.5 Å². The highest BCUT2D eigenvalue weighted by molar-refractivity contribution is 5.67. The molecule has 1 aromatic heterocycles. The minimum absolute atomic E-state index is 0.699. The van der Waals surface area contributed by atoms with Crippen LogP contribution in [0.4, 0.5) is 0 Å². The zero-order valence-corrected chi connectivity index (χ0v) is 11.8. The number of hydrogen-bond acceptors (Lipinski definition) is 3. The normalized spacial score (nSPS) is 26.5. The van der Waals surface area contributed by atoms with Crippen LogP contribution < -0.4 is 10.1 Å². The van der Waals surface area contributed by atoms with E-state index in [2.05, 4.69) is 22.4 Å². The van der Waals surface area contributed by atoms with Crippen LogP contribution in [0.25, 0.3) is 5.57 Å². The fraction of sp³-hybridized carbons (Fsp3) is 0.562. The first-order valence-corrected chi connectivity index (χ1v) is 7.20. The molecule has 3 heteroatoms. The van der Waals surface area contributed by atoms with E-state index in [0.29, 0.717) is 5.92 Å². The van der Waals surface area contributed by atoms with Gasteiger partial charge in [0.2, 0.25) is 0 Å². The first kappa shape index (κ1) is 12.7. The smallest absolute Gasteiger partial charge is 0.140 e. The van der Waals surface area contributed by atoms with Gasteiger partial charge in [0, 0.05) is 12.7 Å². The summed E-state index contributed by atoms with van der Waals surface area (Å²) in [6, 6.07) is 2.13. The van der Waals surface area contributed by atoms with Gasteiger partial charge < -0.3 is 10.1 Å². The number of aryl methyl sites for hydroxylation is 1. The average molecular weight is 258 g/mol. The molecule has 102 valence electrons. The van der Waals surface area contributed by atoms with Crippen molar-refractivity contribution in [3.63, 3.8) is 0 Å². The Hall–Kier alpha value is -1.35. The van der Waals surface area contributed by atoms with Gasteiger partial charge in [-0.3, -0.25) is 4.98 Å². The second-order valence-corrected chi connectivity index (χ2v) is 5.66. The number of nitrogens with zero attached hydrogens (tertiary/aromatic N) is 1. The van der Waals surface area contributed by atoms with Crippen molar-refractivity contribution in [2.75, 3.05) is 20.2 Å². The Balaban J connectivity index is 1.87. The molecule has 1 N–H and O–H groups in total. The summed E-state index contributed by atoms with van der Waals surface area (Å²) in [5.41, 5.74) is 3.63. The van der Waals surface area contributed by atoms with Crippen molar-refractivity contribution in [1.82, 2.24) is 10.3 Å². The van der Waals surface area contributed by atoms with Crippen LogP contribution in [0, 0.1) is 18.8 Å². The maximum atomic E-state index is 5.38. The number of hydrogen-bond donors (Lipinski definition) is 1. The number of pyridine rings is 1. The van der Waals surface area contributed by atoms with E-state index in [1.165, 1.54) is 36.9 Å². The van der Waals surface area contributed by atoms with Gasteiger partial charge in [0.05, 0.1) is 12.8 Å². The maximum absolute atomic E-state index is 5.38. The second kappa shape index (κ2) is 5.33. The first-order valence-electron chi connectivity index (χ1n) is 7.20. The number of ether oxygens (including phenoxy) is 1. The van der Waals surface area contributed by atoms with Gasteiger partial charge >= 0.3 is 0 Å². The number of aromatic nitrogens is 1. The summed E-state index contributed by atoms with van der Waals surface area (Å²) >= 11 is 0. The van der Waals surface area contributed by atoms with Gasteiger partial charge in [0.25, 0.3) is 0 Å². The summed E-state index contributed by atoms with van der Waals surface area (Å²) in [6.07, 6.45) is 8.26. The average Bonchev–Trinajstić information content (AvgIpc) is 2.47. The van der Waals surface area contributed by atoms with E-state index < -0.39 is 0 Å². The Morgan fingerprint density at radius 1 is 1.37 bits per heavy atom. The minimum atomic E-state index is 0.699. The van der Waals surface area contributed by atoms with Crippen molar-refractivity contribution in [1.29, 1.82) is 0 Å². The SMILES string of the molecule is COc1cc(C2=CC3CNCCC3CC2)cnc1C. The third-order valence-corrected chi connectivity index (χ3v) is 4.51. The fourth-order valence-electron chi connectivity index (χ4n) is 3.31. The Morgan fingerprint density at radius 3 is 3.11 bits per heavy atom. The van der Waals surface area contributed by atoms with E-state index in [4.69, 9.17) is 4.74 Å². The van der Waals surface area contributed by atoms with Gasteiger partial charge in [-0.1, -0.05) is 6.08 Å². The summed E-state index contributed by atoms with van der Waals surface area (Å²) in [4.78, 5) is 4.45. The molecule has 1 fully saturated rings. The quantitative estimate of drug-likeness (QED) is 0.885. The van der Waals surface area contributed by atoms with Gasteiger partial charge in [0.1, 0.15) is 5.75 Å². The lowest BCUT2D eigenvalue weighted by Crippen LogP contribution is -2.37. The standard InChI is InChI=1S/C16H22N2O/c1-11-16(19-2)8-15(10-18-11)13-4-3-12-5-6-17-9-14(12)7-13/h7-8,10,12,14,17H,3-6,9H2,1-2H3. The number of methoxy groups -OCH3 is 1. The lowest BCUT2D eigenvalue weighted by atomic mass is 9.76. The molecular weight excluding hydrogens is 236 g/mol. The summed E-state index contributed by atoms with van der Waals surface area (Å²) < 4.78 is 5.38. The molecular formula is C16H22N2O. The number of rotatable bonds is 2. The van der Waals surface area contributed by atoms with Crippen molar-refractivity contribution >= 4 is 5.57 Å². The van der Waals surface area contributed by atoms with E-state index in [1.807, 2.05) is 13.1 Å². The predicted octanol–water partition coefficient (Wildman–Crippen LogP) is 2.80. The van der Waals surface area contributed by atoms with E-state index >= 15 is 0 Å². The van der Waals surface area contributed by atoms with Gasteiger partial charge in [-0.25, -0.2) is 0 Å². The Labute approximate surface area is 115 Å². The molecule has 0 saturated carbocycles. The topological polar surface area (TPSA) is 34.1 Å². The molecule has 0 bridgehead atoms. The summed E-state index contributed by atoms with van der Waals surface area (Å²) in [5.74, 6) is 2.47. The van der Waals surface area contributed by atoms with E-state index in [1.54, 1.807) is 7.11 Å². The minimum Gasteiger partial charge on any atom is -0.495 e. The second-order valence-electron chi connectivity index (χ2n) is 5.66.